The standard InChI is InChI=1S/C14H25O4.C2H4O2.Hg/c1-9(2)12-6-5-11(15)8-13(12)18-14(16)7-10(3)17-4;1-2(3)4;/h7,9-13,15H,5-6,8H2,1-4H3;1H3,(H,3,4);/q;;+1/p-1/t10-,11-,12+,13-;;/m1../s1. The first-order chi connectivity index (χ1) is 10.8. The van der Waals surface area contributed by atoms with Crippen LogP contribution in [-0.4, -0.2) is 42.5 Å². The van der Waals surface area contributed by atoms with Gasteiger partial charge in [-0.05, 0) is 0 Å². The van der Waals surface area contributed by atoms with Crippen molar-refractivity contribution in [1.29, 1.82) is 0 Å². The summed E-state index contributed by atoms with van der Waals surface area (Å²) in [6.07, 6.45) is 1.07. The van der Waals surface area contributed by atoms with E-state index in [2.05, 4.69) is 13.8 Å². The molecule has 0 amide bonds. The molecule has 0 bridgehead atoms. The van der Waals surface area contributed by atoms with E-state index in [4.69, 9.17) is 12.1 Å². The number of carbonyl (C=O) groups is 2. The van der Waals surface area contributed by atoms with E-state index < -0.39 is 34.6 Å². The summed E-state index contributed by atoms with van der Waals surface area (Å²) in [5, 5.41) is 9.89. The van der Waals surface area contributed by atoms with Crippen molar-refractivity contribution >= 4 is 11.9 Å². The van der Waals surface area contributed by atoms with Crippen LogP contribution < -0.4 is 0 Å². The molecular formula is C16H28HgO6. The van der Waals surface area contributed by atoms with Gasteiger partial charge in [-0.1, -0.05) is 0 Å². The van der Waals surface area contributed by atoms with Crippen LogP contribution in [0.2, 0.25) is 3.43 Å². The molecule has 0 aromatic carbocycles. The van der Waals surface area contributed by atoms with Crippen LogP contribution in [0.5, 0.6) is 0 Å². The van der Waals surface area contributed by atoms with Crippen molar-refractivity contribution < 1.29 is 51.8 Å². The molecule has 23 heavy (non-hydrogen) atoms. The summed E-state index contributed by atoms with van der Waals surface area (Å²) in [6.45, 7) is 7.37. The minimum absolute atomic E-state index is 0.256. The molecule has 1 N–H and O–H groups in total. The maximum atomic E-state index is 12.6. The average Bonchev–Trinajstić information content (AvgIpc) is 2.46. The number of carbonyl (C=O) groups excluding carboxylic acids is 2. The molecule has 0 unspecified atom stereocenters. The van der Waals surface area contributed by atoms with Crippen LogP contribution >= 0.6 is 0 Å². The fourth-order valence-electron chi connectivity index (χ4n) is 3.03. The summed E-state index contributed by atoms with van der Waals surface area (Å²) < 4.78 is 15.7. The molecule has 1 rings (SSSR count). The fraction of sp³-hybridized carbons (Fsp3) is 0.875. The third kappa shape index (κ3) is 6.67. The summed E-state index contributed by atoms with van der Waals surface area (Å²) in [6, 6.07) is 0. The van der Waals surface area contributed by atoms with E-state index in [0.717, 1.165) is 12.8 Å². The van der Waals surface area contributed by atoms with Gasteiger partial charge < -0.3 is 0 Å². The van der Waals surface area contributed by atoms with E-state index in [9.17, 15) is 14.7 Å². The van der Waals surface area contributed by atoms with Crippen LogP contribution in [0, 0.1) is 11.8 Å². The van der Waals surface area contributed by atoms with Gasteiger partial charge in [0, 0.05) is 0 Å². The molecule has 130 valence electrons. The van der Waals surface area contributed by atoms with Gasteiger partial charge in [0.1, 0.15) is 0 Å². The number of hydrogen-bond acceptors (Lipinski definition) is 6. The zero-order valence-corrected chi connectivity index (χ0v) is 20.3. The monoisotopic (exact) mass is 518 g/mol. The molecule has 0 aromatic heterocycles. The van der Waals surface area contributed by atoms with Gasteiger partial charge >= 0.3 is 151 Å². The normalized spacial score (nSPS) is 27.0. The molecule has 1 fully saturated rings. The summed E-state index contributed by atoms with van der Waals surface area (Å²) in [5.74, 6) is -0.0455. The molecule has 1 aliphatic rings. The molecule has 0 aliphatic heterocycles. The van der Waals surface area contributed by atoms with Crippen molar-refractivity contribution in [2.45, 2.75) is 68.7 Å². The molecule has 6 nitrogen and oxygen atoms in total. The zero-order chi connectivity index (χ0) is 17.6. The van der Waals surface area contributed by atoms with Crippen LogP contribution in [0.25, 0.3) is 0 Å². The third-order valence-electron chi connectivity index (χ3n) is 4.65. The van der Waals surface area contributed by atoms with E-state index in [0.29, 0.717) is 12.3 Å². The van der Waals surface area contributed by atoms with Gasteiger partial charge in [-0.25, -0.2) is 0 Å². The predicted octanol–water partition coefficient (Wildman–Crippen LogP) is 2.10. The van der Waals surface area contributed by atoms with Crippen molar-refractivity contribution in [2.24, 2.45) is 11.8 Å². The Morgan fingerprint density at radius 2 is 1.87 bits per heavy atom. The number of aliphatic hydroxyl groups excluding tert-OH is 1. The number of ether oxygens (including phenoxy) is 2. The maximum absolute atomic E-state index is 12.6. The van der Waals surface area contributed by atoms with E-state index in [1.54, 1.807) is 6.92 Å². The van der Waals surface area contributed by atoms with Gasteiger partial charge in [-0.2, -0.15) is 0 Å². The molecule has 0 spiro atoms. The van der Waals surface area contributed by atoms with Crippen LogP contribution in [-0.2, 0) is 46.7 Å². The van der Waals surface area contributed by atoms with Crippen molar-refractivity contribution in [1.82, 2.24) is 0 Å². The van der Waals surface area contributed by atoms with E-state index in [1.165, 1.54) is 14.0 Å². The molecule has 0 aromatic rings. The Morgan fingerprint density at radius 3 is 2.39 bits per heavy atom. The number of aliphatic hydroxyl groups is 1. The van der Waals surface area contributed by atoms with Crippen LogP contribution in [0.1, 0.15) is 47.0 Å². The molecule has 1 saturated carbocycles. The first-order valence-corrected chi connectivity index (χ1v) is 13.7. The molecule has 1 aliphatic carbocycles. The van der Waals surface area contributed by atoms with Crippen molar-refractivity contribution in [3.8, 4) is 0 Å². The Hall–Kier alpha value is -0.205. The van der Waals surface area contributed by atoms with Gasteiger partial charge in [-0.15, -0.1) is 0 Å². The van der Waals surface area contributed by atoms with E-state index >= 15 is 0 Å². The fourth-order valence-corrected chi connectivity index (χ4v) is 7.35. The quantitative estimate of drug-likeness (QED) is 0.412. The van der Waals surface area contributed by atoms with Crippen molar-refractivity contribution in [3.05, 3.63) is 0 Å². The van der Waals surface area contributed by atoms with Gasteiger partial charge in [0.2, 0.25) is 0 Å². The first kappa shape index (κ1) is 20.8. The number of hydrogen-bond donors (Lipinski definition) is 1. The van der Waals surface area contributed by atoms with Gasteiger partial charge in [-0.3, -0.25) is 0 Å². The average molecular weight is 517 g/mol. The van der Waals surface area contributed by atoms with Crippen LogP contribution in [0.4, 0.5) is 0 Å². The summed E-state index contributed by atoms with van der Waals surface area (Å²) in [7, 11) is 1.54. The second-order valence-electron chi connectivity index (χ2n) is 6.70. The van der Waals surface area contributed by atoms with Gasteiger partial charge in [0.05, 0.1) is 0 Å². The molecule has 0 heterocycles. The molecule has 0 radical (unpaired) electrons. The van der Waals surface area contributed by atoms with Gasteiger partial charge in [0.15, 0.2) is 0 Å². The zero-order valence-electron chi connectivity index (χ0n) is 14.8. The number of methoxy groups -OCH3 is 1. The Morgan fingerprint density at radius 1 is 1.22 bits per heavy atom. The Labute approximate surface area is 151 Å². The molecule has 0 saturated heterocycles. The molecule has 5 atom stereocenters. The Bertz CT molecular complexity index is 400. The summed E-state index contributed by atoms with van der Waals surface area (Å²) in [4.78, 5) is 23.6. The predicted molar refractivity (Wildman–Crippen MR) is 80.1 cm³/mol. The Kier molecular flexibility index (Phi) is 9.00. The van der Waals surface area contributed by atoms with Gasteiger partial charge in [0.25, 0.3) is 0 Å². The van der Waals surface area contributed by atoms with Crippen molar-refractivity contribution in [2.75, 3.05) is 7.11 Å². The number of rotatable bonds is 7. The first-order valence-electron chi connectivity index (χ1n) is 8.30. The molecular weight excluding hydrogens is 489 g/mol. The Balaban J connectivity index is 2.75. The summed E-state index contributed by atoms with van der Waals surface area (Å²) in [5.41, 5.74) is 0. The SMILES string of the molecule is CO[C@H](C)[C@@H]([Hg][O]C(C)=O)C(=O)O[C@@H]1C[C@H](O)CC[C@H]1C(C)C. The summed E-state index contributed by atoms with van der Waals surface area (Å²) >= 11 is -2.26. The van der Waals surface area contributed by atoms with Crippen LogP contribution in [0.3, 0.4) is 0 Å². The third-order valence-corrected chi connectivity index (χ3v) is 12.1. The van der Waals surface area contributed by atoms with Crippen LogP contribution in [0.15, 0.2) is 0 Å². The van der Waals surface area contributed by atoms with E-state index in [-0.39, 0.29) is 30.1 Å². The minimum atomic E-state index is -2.26. The topological polar surface area (TPSA) is 82.1 Å². The van der Waals surface area contributed by atoms with E-state index in [1.807, 2.05) is 0 Å². The second kappa shape index (κ2) is 9.94. The number of esters is 1. The second-order valence-corrected chi connectivity index (χ2v) is 12.5. The molecule has 7 heteroatoms. The van der Waals surface area contributed by atoms with Crippen molar-refractivity contribution in [3.63, 3.8) is 0 Å².